The zero-order chi connectivity index (χ0) is 12.3. The van der Waals surface area contributed by atoms with Gasteiger partial charge >= 0.3 is 0 Å². The topological polar surface area (TPSA) is 42.0 Å². The molecule has 1 heterocycles. The lowest BCUT2D eigenvalue weighted by Gasteiger charge is -2.05. The van der Waals surface area contributed by atoms with Crippen LogP contribution in [0.1, 0.15) is 15.9 Å². The molecule has 0 saturated heterocycles. The molecule has 17 heavy (non-hydrogen) atoms. The standard InChI is InChI=1S/C13H11FN2O/c1-9-4-5-11(7-12(9)14)16-13(17)10-3-2-6-15-8-10/h2-8H,1H3,(H,16,17). The van der Waals surface area contributed by atoms with E-state index in [4.69, 9.17) is 0 Å². The van der Waals surface area contributed by atoms with Gasteiger partial charge in [-0.25, -0.2) is 4.39 Å². The largest absolute Gasteiger partial charge is 0.322 e. The fourth-order valence-corrected chi connectivity index (χ4v) is 1.37. The van der Waals surface area contributed by atoms with Crippen LogP contribution in [-0.4, -0.2) is 10.9 Å². The van der Waals surface area contributed by atoms with Crippen LogP contribution in [0.15, 0.2) is 42.7 Å². The normalized spacial score (nSPS) is 10.0. The molecule has 0 fully saturated rings. The summed E-state index contributed by atoms with van der Waals surface area (Å²) in [6.45, 7) is 1.67. The highest BCUT2D eigenvalue weighted by Gasteiger charge is 2.06. The van der Waals surface area contributed by atoms with Crippen LogP contribution in [0.25, 0.3) is 0 Å². The molecule has 2 rings (SSSR count). The molecule has 0 saturated carbocycles. The molecule has 0 aliphatic carbocycles. The third-order valence-corrected chi connectivity index (χ3v) is 2.35. The van der Waals surface area contributed by atoms with E-state index in [0.29, 0.717) is 16.8 Å². The van der Waals surface area contributed by atoms with E-state index in [2.05, 4.69) is 10.3 Å². The van der Waals surface area contributed by atoms with E-state index in [1.54, 1.807) is 37.4 Å². The van der Waals surface area contributed by atoms with Crippen LogP contribution >= 0.6 is 0 Å². The number of pyridine rings is 1. The number of amides is 1. The number of nitrogens with zero attached hydrogens (tertiary/aromatic N) is 1. The predicted octanol–water partition coefficient (Wildman–Crippen LogP) is 2.78. The Morgan fingerprint density at radius 1 is 1.35 bits per heavy atom. The zero-order valence-corrected chi connectivity index (χ0v) is 9.27. The molecule has 1 aromatic heterocycles. The van der Waals surface area contributed by atoms with Gasteiger partial charge in [0, 0.05) is 18.1 Å². The number of halogens is 1. The Balaban J connectivity index is 2.16. The molecular weight excluding hydrogens is 219 g/mol. The number of nitrogens with one attached hydrogen (secondary N) is 1. The molecule has 0 bridgehead atoms. The lowest BCUT2D eigenvalue weighted by atomic mass is 10.2. The number of rotatable bonds is 2. The monoisotopic (exact) mass is 230 g/mol. The molecule has 0 spiro atoms. The van der Waals surface area contributed by atoms with Crippen molar-refractivity contribution in [2.24, 2.45) is 0 Å². The highest BCUT2D eigenvalue weighted by molar-refractivity contribution is 6.03. The van der Waals surface area contributed by atoms with Crippen molar-refractivity contribution < 1.29 is 9.18 Å². The van der Waals surface area contributed by atoms with Gasteiger partial charge in [0.25, 0.3) is 5.91 Å². The second kappa shape index (κ2) is 4.74. The molecule has 4 heteroatoms. The van der Waals surface area contributed by atoms with Gasteiger partial charge < -0.3 is 5.32 Å². The maximum absolute atomic E-state index is 13.3. The van der Waals surface area contributed by atoms with Crippen LogP contribution in [0.4, 0.5) is 10.1 Å². The molecule has 2 aromatic rings. The van der Waals surface area contributed by atoms with Crippen molar-refractivity contribution in [3.8, 4) is 0 Å². The molecule has 1 N–H and O–H groups in total. The van der Waals surface area contributed by atoms with E-state index >= 15 is 0 Å². The first kappa shape index (κ1) is 11.3. The number of anilines is 1. The average Bonchev–Trinajstić information content (AvgIpc) is 2.35. The summed E-state index contributed by atoms with van der Waals surface area (Å²) in [5.41, 5.74) is 1.42. The Kier molecular flexibility index (Phi) is 3.14. The molecule has 1 aromatic carbocycles. The van der Waals surface area contributed by atoms with E-state index in [9.17, 15) is 9.18 Å². The van der Waals surface area contributed by atoms with Gasteiger partial charge in [0.05, 0.1) is 5.56 Å². The lowest BCUT2D eigenvalue weighted by Crippen LogP contribution is -2.12. The van der Waals surface area contributed by atoms with Crippen LogP contribution in [0, 0.1) is 12.7 Å². The van der Waals surface area contributed by atoms with Crippen LogP contribution < -0.4 is 5.32 Å². The second-order valence-corrected chi connectivity index (χ2v) is 3.66. The molecular formula is C13H11FN2O. The van der Waals surface area contributed by atoms with Gasteiger partial charge in [-0.2, -0.15) is 0 Å². The minimum Gasteiger partial charge on any atom is -0.322 e. The number of hydrogen-bond acceptors (Lipinski definition) is 2. The smallest absolute Gasteiger partial charge is 0.257 e. The third kappa shape index (κ3) is 2.66. The Morgan fingerprint density at radius 3 is 2.82 bits per heavy atom. The van der Waals surface area contributed by atoms with Gasteiger partial charge in [-0.05, 0) is 36.8 Å². The zero-order valence-electron chi connectivity index (χ0n) is 9.27. The van der Waals surface area contributed by atoms with Crippen LogP contribution in [0.5, 0.6) is 0 Å². The summed E-state index contributed by atoms with van der Waals surface area (Å²) in [4.78, 5) is 15.6. The number of aryl methyl sites for hydroxylation is 1. The summed E-state index contributed by atoms with van der Waals surface area (Å²) in [6, 6.07) is 7.89. The summed E-state index contributed by atoms with van der Waals surface area (Å²) in [5.74, 6) is -0.643. The van der Waals surface area contributed by atoms with Gasteiger partial charge in [-0.1, -0.05) is 6.07 Å². The third-order valence-electron chi connectivity index (χ3n) is 2.35. The summed E-state index contributed by atoms with van der Waals surface area (Å²) in [7, 11) is 0. The summed E-state index contributed by atoms with van der Waals surface area (Å²) >= 11 is 0. The van der Waals surface area contributed by atoms with E-state index < -0.39 is 0 Å². The van der Waals surface area contributed by atoms with E-state index in [-0.39, 0.29) is 11.7 Å². The summed E-state index contributed by atoms with van der Waals surface area (Å²) in [5, 5.41) is 2.61. The maximum Gasteiger partial charge on any atom is 0.257 e. The number of carbonyl (C=O) groups excluding carboxylic acids is 1. The fraction of sp³-hybridized carbons (Fsp3) is 0.0769. The SMILES string of the molecule is Cc1ccc(NC(=O)c2cccnc2)cc1F. The molecule has 3 nitrogen and oxygen atoms in total. The maximum atomic E-state index is 13.3. The molecule has 0 aliphatic heterocycles. The van der Waals surface area contributed by atoms with Crippen molar-refractivity contribution in [2.75, 3.05) is 5.32 Å². The number of carbonyl (C=O) groups is 1. The Hall–Kier alpha value is -2.23. The quantitative estimate of drug-likeness (QED) is 0.861. The van der Waals surface area contributed by atoms with Crippen molar-refractivity contribution in [3.63, 3.8) is 0 Å². The minimum atomic E-state index is -0.339. The molecule has 0 atom stereocenters. The minimum absolute atomic E-state index is 0.304. The van der Waals surface area contributed by atoms with Gasteiger partial charge in [0.2, 0.25) is 0 Å². The number of hydrogen-bond donors (Lipinski definition) is 1. The highest BCUT2D eigenvalue weighted by Crippen LogP contribution is 2.14. The first-order chi connectivity index (χ1) is 8.16. The first-order valence-corrected chi connectivity index (χ1v) is 5.14. The predicted molar refractivity (Wildman–Crippen MR) is 63.3 cm³/mol. The van der Waals surface area contributed by atoms with Gasteiger partial charge in [0.15, 0.2) is 0 Å². The van der Waals surface area contributed by atoms with Crippen LogP contribution in [0.3, 0.4) is 0 Å². The number of aromatic nitrogens is 1. The van der Waals surface area contributed by atoms with Crippen LogP contribution in [0.2, 0.25) is 0 Å². The van der Waals surface area contributed by atoms with Crippen molar-refractivity contribution in [3.05, 3.63) is 59.7 Å². The Morgan fingerprint density at radius 2 is 2.18 bits per heavy atom. The van der Waals surface area contributed by atoms with Gasteiger partial charge in [0.1, 0.15) is 5.82 Å². The lowest BCUT2D eigenvalue weighted by molar-refractivity contribution is 0.102. The molecule has 0 unspecified atom stereocenters. The van der Waals surface area contributed by atoms with E-state index in [0.717, 1.165) is 0 Å². The first-order valence-electron chi connectivity index (χ1n) is 5.14. The Bertz CT molecular complexity index is 540. The Labute approximate surface area is 98.3 Å². The van der Waals surface area contributed by atoms with Crippen molar-refractivity contribution in [1.82, 2.24) is 4.98 Å². The fourth-order valence-electron chi connectivity index (χ4n) is 1.37. The molecule has 86 valence electrons. The van der Waals surface area contributed by atoms with Gasteiger partial charge in [-0.3, -0.25) is 9.78 Å². The molecule has 1 amide bonds. The van der Waals surface area contributed by atoms with Crippen molar-refractivity contribution in [2.45, 2.75) is 6.92 Å². The van der Waals surface area contributed by atoms with Crippen molar-refractivity contribution >= 4 is 11.6 Å². The second-order valence-electron chi connectivity index (χ2n) is 3.66. The van der Waals surface area contributed by atoms with E-state index in [1.165, 1.54) is 12.3 Å². The number of benzene rings is 1. The molecule has 0 radical (unpaired) electrons. The van der Waals surface area contributed by atoms with Crippen LogP contribution in [-0.2, 0) is 0 Å². The van der Waals surface area contributed by atoms with Crippen molar-refractivity contribution in [1.29, 1.82) is 0 Å². The van der Waals surface area contributed by atoms with E-state index in [1.807, 2.05) is 0 Å². The average molecular weight is 230 g/mol. The highest BCUT2D eigenvalue weighted by atomic mass is 19.1. The summed E-state index contributed by atoms with van der Waals surface area (Å²) < 4.78 is 13.3. The van der Waals surface area contributed by atoms with Gasteiger partial charge in [-0.15, -0.1) is 0 Å². The molecule has 0 aliphatic rings. The summed E-state index contributed by atoms with van der Waals surface area (Å²) in [6.07, 6.45) is 3.04.